The molecular weight excluding hydrogens is 196 g/mol. The molecule has 1 aromatic rings. The van der Waals surface area contributed by atoms with E-state index in [0.717, 1.165) is 5.75 Å². The zero-order valence-electron chi connectivity index (χ0n) is 11.6. The maximum Gasteiger partial charge on any atom is 0.126 e. The summed E-state index contributed by atoms with van der Waals surface area (Å²) in [5.41, 5.74) is 2.62. The quantitative estimate of drug-likeness (QED) is 0.691. The van der Waals surface area contributed by atoms with Crippen LogP contribution >= 0.6 is 0 Å². The third kappa shape index (κ3) is 2.58. The Balaban J connectivity index is 3.45. The standard InChI is InChI=1S/C15H23O/c1-14(2,3)11-9-8-10-12(13(11)16-7)15(4,5)6/h9-10H,1-7H3. The Morgan fingerprint density at radius 1 is 0.875 bits per heavy atom. The summed E-state index contributed by atoms with van der Waals surface area (Å²) in [6, 6.07) is 7.31. The van der Waals surface area contributed by atoms with Crippen molar-refractivity contribution >= 4 is 0 Å². The van der Waals surface area contributed by atoms with Gasteiger partial charge in [0.15, 0.2) is 0 Å². The van der Waals surface area contributed by atoms with E-state index in [-0.39, 0.29) is 10.8 Å². The summed E-state index contributed by atoms with van der Waals surface area (Å²) in [7, 11) is 1.75. The van der Waals surface area contributed by atoms with Crippen molar-refractivity contribution in [3.05, 3.63) is 29.3 Å². The van der Waals surface area contributed by atoms with E-state index in [2.05, 4.69) is 47.6 Å². The zero-order valence-corrected chi connectivity index (χ0v) is 11.6. The molecule has 1 rings (SSSR count). The van der Waals surface area contributed by atoms with Crippen molar-refractivity contribution in [2.75, 3.05) is 7.11 Å². The lowest BCUT2D eigenvalue weighted by Crippen LogP contribution is -2.18. The second-order valence-electron chi connectivity index (χ2n) is 6.32. The minimum atomic E-state index is 0.0864. The Hall–Kier alpha value is -0.980. The van der Waals surface area contributed by atoms with Gasteiger partial charge in [0.05, 0.1) is 7.11 Å². The van der Waals surface area contributed by atoms with Gasteiger partial charge in [-0.1, -0.05) is 41.5 Å². The van der Waals surface area contributed by atoms with Crippen LogP contribution in [-0.4, -0.2) is 7.11 Å². The Bertz CT molecular complexity index is 332. The van der Waals surface area contributed by atoms with Gasteiger partial charge < -0.3 is 4.74 Å². The minimum Gasteiger partial charge on any atom is -0.496 e. The predicted octanol–water partition coefficient (Wildman–Crippen LogP) is 4.09. The molecule has 16 heavy (non-hydrogen) atoms. The second kappa shape index (κ2) is 4.12. The number of hydrogen-bond donors (Lipinski definition) is 0. The van der Waals surface area contributed by atoms with Crippen LogP contribution in [0.15, 0.2) is 12.1 Å². The van der Waals surface area contributed by atoms with Gasteiger partial charge in [-0.2, -0.15) is 0 Å². The highest BCUT2D eigenvalue weighted by Gasteiger charge is 2.25. The summed E-state index contributed by atoms with van der Waals surface area (Å²) in [5.74, 6) is 1.01. The fourth-order valence-corrected chi connectivity index (χ4v) is 1.82. The van der Waals surface area contributed by atoms with Crippen molar-refractivity contribution in [1.82, 2.24) is 0 Å². The molecule has 0 bridgehead atoms. The molecule has 0 saturated carbocycles. The van der Waals surface area contributed by atoms with Crippen LogP contribution in [-0.2, 0) is 10.8 Å². The molecule has 0 spiro atoms. The molecule has 0 saturated heterocycles. The third-order valence-electron chi connectivity index (χ3n) is 2.76. The van der Waals surface area contributed by atoms with Crippen molar-refractivity contribution in [1.29, 1.82) is 0 Å². The Morgan fingerprint density at radius 2 is 1.25 bits per heavy atom. The molecule has 0 aliphatic rings. The van der Waals surface area contributed by atoms with Gasteiger partial charge in [-0.25, -0.2) is 0 Å². The molecule has 0 unspecified atom stereocenters. The van der Waals surface area contributed by atoms with E-state index in [1.165, 1.54) is 11.1 Å². The summed E-state index contributed by atoms with van der Waals surface area (Å²) >= 11 is 0. The van der Waals surface area contributed by atoms with Crippen LogP contribution in [0.4, 0.5) is 0 Å². The molecule has 0 amide bonds. The third-order valence-corrected chi connectivity index (χ3v) is 2.76. The van der Waals surface area contributed by atoms with Gasteiger partial charge in [0, 0.05) is 11.1 Å². The van der Waals surface area contributed by atoms with E-state index in [0.29, 0.717) is 0 Å². The number of benzene rings is 1. The molecule has 1 nitrogen and oxygen atoms in total. The fraction of sp³-hybridized carbons (Fsp3) is 0.600. The highest BCUT2D eigenvalue weighted by atomic mass is 16.5. The second-order valence-corrected chi connectivity index (χ2v) is 6.32. The van der Waals surface area contributed by atoms with Crippen LogP contribution in [0.1, 0.15) is 52.7 Å². The molecule has 0 N–H and O–H groups in total. The van der Waals surface area contributed by atoms with Gasteiger partial charge in [0.1, 0.15) is 5.75 Å². The molecule has 0 aliphatic carbocycles. The van der Waals surface area contributed by atoms with E-state index < -0.39 is 0 Å². The molecule has 1 heteroatoms. The van der Waals surface area contributed by atoms with E-state index in [1.54, 1.807) is 7.11 Å². The molecule has 0 fully saturated rings. The van der Waals surface area contributed by atoms with Crippen LogP contribution in [0.5, 0.6) is 5.75 Å². The zero-order chi connectivity index (χ0) is 12.6. The SMILES string of the molecule is COc1c(C(C)(C)C)c[c]cc1C(C)(C)C. The first-order chi connectivity index (χ1) is 7.18. The maximum atomic E-state index is 5.61. The molecule has 0 heterocycles. The smallest absolute Gasteiger partial charge is 0.126 e. The average Bonchev–Trinajstić information content (AvgIpc) is 2.13. The van der Waals surface area contributed by atoms with Crippen LogP contribution in [0.25, 0.3) is 0 Å². The van der Waals surface area contributed by atoms with Crippen LogP contribution in [0.3, 0.4) is 0 Å². The summed E-state index contributed by atoms with van der Waals surface area (Å²) in [5, 5.41) is 0. The lowest BCUT2D eigenvalue weighted by Gasteiger charge is -2.28. The lowest BCUT2D eigenvalue weighted by atomic mass is 9.79. The van der Waals surface area contributed by atoms with E-state index >= 15 is 0 Å². The predicted molar refractivity (Wildman–Crippen MR) is 69.2 cm³/mol. The fourth-order valence-electron chi connectivity index (χ4n) is 1.82. The Kier molecular flexibility index (Phi) is 3.37. The van der Waals surface area contributed by atoms with Gasteiger partial charge in [-0.15, -0.1) is 0 Å². The van der Waals surface area contributed by atoms with Gasteiger partial charge in [0.2, 0.25) is 0 Å². The summed E-state index contributed by atoms with van der Waals surface area (Å²) < 4.78 is 5.61. The van der Waals surface area contributed by atoms with Crippen molar-refractivity contribution < 1.29 is 4.74 Å². The maximum absolute atomic E-state index is 5.61. The van der Waals surface area contributed by atoms with Crippen LogP contribution < -0.4 is 4.74 Å². The lowest BCUT2D eigenvalue weighted by molar-refractivity contribution is 0.381. The van der Waals surface area contributed by atoms with Crippen molar-refractivity contribution in [2.45, 2.75) is 52.4 Å². The van der Waals surface area contributed by atoms with Gasteiger partial charge in [0.25, 0.3) is 0 Å². The highest BCUT2D eigenvalue weighted by Crippen LogP contribution is 2.38. The normalized spacial score (nSPS) is 12.7. The average molecular weight is 219 g/mol. The van der Waals surface area contributed by atoms with E-state index in [1.807, 2.05) is 12.1 Å². The van der Waals surface area contributed by atoms with Crippen LogP contribution in [0.2, 0.25) is 0 Å². The topological polar surface area (TPSA) is 9.23 Å². The van der Waals surface area contributed by atoms with Crippen molar-refractivity contribution in [2.24, 2.45) is 0 Å². The molecule has 0 aromatic heterocycles. The number of rotatable bonds is 1. The summed E-state index contributed by atoms with van der Waals surface area (Å²) in [4.78, 5) is 0. The first-order valence-electron chi connectivity index (χ1n) is 5.77. The monoisotopic (exact) mass is 219 g/mol. The molecule has 1 radical (unpaired) electrons. The molecule has 0 aliphatic heterocycles. The Labute approximate surface area is 99.8 Å². The Morgan fingerprint density at radius 3 is 1.50 bits per heavy atom. The largest absolute Gasteiger partial charge is 0.496 e. The number of ether oxygens (including phenoxy) is 1. The first kappa shape index (κ1) is 13.1. The van der Waals surface area contributed by atoms with E-state index in [9.17, 15) is 0 Å². The minimum absolute atomic E-state index is 0.0864. The van der Waals surface area contributed by atoms with Crippen molar-refractivity contribution in [3.8, 4) is 5.75 Å². The molecule has 1 aromatic carbocycles. The molecule has 0 atom stereocenters. The summed E-state index contributed by atoms with van der Waals surface area (Å²) in [6.45, 7) is 13.2. The number of methoxy groups -OCH3 is 1. The highest BCUT2D eigenvalue weighted by molar-refractivity contribution is 5.47. The first-order valence-corrected chi connectivity index (χ1v) is 5.77. The van der Waals surface area contributed by atoms with E-state index in [4.69, 9.17) is 4.74 Å². The molecular formula is C15H23O. The molecule has 89 valence electrons. The summed E-state index contributed by atoms with van der Waals surface area (Å²) in [6.07, 6.45) is 0. The van der Waals surface area contributed by atoms with Gasteiger partial charge >= 0.3 is 0 Å². The number of hydrogen-bond acceptors (Lipinski definition) is 1. The van der Waals surface area contributed by atoms with Crippen molar-refractivity contribution in [3.63, 3.8) is 0 Å². The van der Waals surface area contributed by atoms with Gasteiger partial charge in [-0.05, 0) is 29.0 Å². The van der Waals surface area contributed by atoms with Crippen LogP contribution in [0, 0.1) is 6.07 Å². The van der Waals surface area contributed by atoms with Gasteiger partial charge in [-0.3, -0.25) is 0 Å².